The van der Waals surface area contributed by atoms with Gasteiger partial charge < -0.3 is 4.90 Å². The van der Waals surface area contributed by atoms with Crippen LogP contribution >= 0.6 is 11.3 Å². The second-order valence-corrected chi connectivity index (χ2v) is 5.63. The number of hydrogen-bond donors (Lipinski definition) is 0. The standard InChI is InChI=1S/C15H14FN3S/c1-3-12-8-13-14(17-9-18-15(13)20-12)19(2)11-6-4-10(16)5-7-11/h4-9H,3H2,1-2H3. The van der Waals surface area contributed by atoms with Crippen LogP contribution in [0.15, 0.2) is 36.7 Å². The second-order valence-electron chi connectivity index (χ2n) is 4.52. The summed E-state index contributed by atoms with van der Waals surface area (Å²) in [6.45, 7) is 2.13. The van der Waals surface area contributed by atoms with E-state index in [1.165, 1.54) is 17.0 Å². The molecule has 3 nitrogen and oxygen atoms in total. The van der Waals surface area contributed by atoms with Crippen molar-refractivity contribution in [1.82, 2.24) is 9.97 Å². The van der Waals surface area contributed by atoms with E-state index in [4.69, 9.17) is 0 Å². The summed E-state index contributed by atoms with van der Waals surface area (Å²) >= 11 is 1.69. The largest absolute Gasteiger partial charge is 0.329 e. The minimum Gasteiger partial charge on any atom is -0.329 e. The van der Waals surface area contributed by atoms with Gasteiger partial charge in [-0.2, -0.15) is 0 Å². The molecule has 102 valence electrons. The van der Waals surface area contributed by atoms with Gasteiger partial charge in [-0.1, -0.05) is 6.92 Å². The molecule has 0 saturated heterocycles. The molecule has 0 unspecified atom stereocenters. The molecule has 0 atom stereocenters. The number of anilines is 2. The Morgan fingerprint density at radius 1 is 1.20 bits per heavy atom. The van der Waals surface area contributed by atoms with Crippen LogP contribution in [-0.4, -0.2) is 17.0 Å². The van der Waals surface area contributed by atoms with Gasteiger partial charge in [-0.15, -0.1) is 11.3 Å². The first-order chi connectivity index (χ1) is 9.69. The molecule has 3 rings (SSSR count). The maximum Gasteiger partial charge on any atom is 0.144 e. The van der Waals surface area contributed by atoms with Gasteiger partial charge in [-0.05, 0) is 36.8 Å². The zero-order valence-electron chi connectivity index (χ0n) is 11.3. The van der Waals surface area contributed by atoms with Crippen molar-refractivity contribution in [2.45, 2.75) is 13.3 Å². The van der Waals surface area contributed by atoms with E-state index in [1.807, 2.05) is 11.9 Å². The highest BCUT2D eigenvalue weighted by Crippen LogP contribution is 2.32. The summed E-state index contributed by atoms with van der Waals surface area (Å²) in [7, 11) is 1.93. The topological polar surface area (TPSA) is 29.0 Å². The first-order valence-electron chi connectivity index (χ1n) is 6.41. The van der Waals surface area contributed by atoms with Crippen LogP contribution in [0, 0.1) is 5.82 Å². The summed E-state index contributed by atoms with van der Waals surface area (Å²) in [6, 6.07) is 8.53. The van der Waals surface area contributed by atoms with E-state index in [0.29, 0.717) is 0 Å². The Morgan fingerprint density at radius 3 is 2.65 bits per heavy atom. The van der Waals surface area contributed by atoms with Gasteiger partial charge in [-0.3, -0.25) is 0 Å². The number of rotatable bonds is 3. The van der Waals surface area contributed by atoms with Gasteiger partial charge in [0.15, 0.2) is 0 Å². The van der Waals surface area contributed by atoms with Gasteiger partial charge in [-0.25, -0.2) is 14.4 Å². The monoisotopic (exact) mass is 287 g/mol. The fourth-order valence-electron chi connectivity index (χ4n) is 2.12. The third kappa shape index (κ3) is 2.25. The molecule has 0 aliphatic rings. The minimum absolute atomic E-state index is 0.237. The number of aromatic nitrogens is 2. The van der Waals surface area contributed by atoms with Crippen molar-refractivity contribution < 1.29 is 4.39 Å². The quantitative estimate of drug-likeness (QED) is 0.724. The minimum atomic E-state index is -0.237. The highest BCUT2D eigenvalue weighted by Gasteiger charge is 2.13. The third-order valence-corrected chi connectivity index (χ3v) is 4.43. The zero-order valence-corrected chi connectivity index (χ0v) is 12.1. The molecule has 20 heavy (non-hydrogen) atoms. The fraction of sp³-hybridized carbons (Fsp3) is 0.200. The summed E-state index contributed by atoms with van der Waals surface area (Å²) in [5.41, 5.74) is 0.899. The van der Waals surface area contributed by atoms with Crippen molar-refractivity contribution >= 4 is 33.1 Å². The van der Waals surface area contributed by atoms with Crippen LogP contribution in [0.5, 0.6) is 0 Å². The highest BCUT2D eigenvalue weighted by molar-refractivity contribution is 7.18. The van der Waals surface area contributed by atoms with E-state index >= 15 is 0 Å². The summed E-state index contributed by atoms with van der Waals surface area (Å²) in [5, 5.41) is 1.04. The molecule has 2 aromatic heterocycles. The van der Waals surface area contributed by atoms with Crippen LogP contribution in [0.3, 0.4) is 0 Å². The van der Waals surface area contributed by atoms with Crippen LogP contribution in [-0.2, 0) is 6.42 Å². The molecule has 0 radical (unpaired) electrons. The lowest BCUT2D eigenvalue weighted by molar-refractivity contribution is 0.628. The molecule has 0 spiro atoms. The molecule has 0 amide bonds. The van der Waals surface area contributed by atoms with E-state index in [9.17, 15) is 4.39 Å². The van der Waals surface area contributed by atoms with Crippen molar-refractivity contribution in [2.24, 2.45) is 0 Å². The Labute approximate surface area is 120 Å². The van der Waals surface area contributed by atoms with Crippen LogP contribution < -0.4 is 4.90 Å². The summed E-state index contributed by atoms with van der Waals surface area (Å²) in [6.07, 6.45) is 2.56. The van der Waals surface area contributed by atoms with Gasteiger partial charge in [0.1, 0.15) is 22.8 Å². The molecule has 3 aromatic rings. The van der Waals surface area contributed by atoms with E-state index in [0.717, 1.165) is 28.1 Å². The smallest absolute Gasteiger partial charge is 0.144 e. The van der Waals surface area contributed by atoms with Gasteiger partial charge >= 0.3 is 0 Å². The summed E-state index contributed by atoms with van der Waals surface area (Å²) in [5.74, 6) is 0.608. The molecule has 0 saturated carbocycles. The molecule has 1 aromatic carbocycles. The first kappa shape index (κ1) is 13.0. The fourth-order valence-corrected chi connectivity index (χ4v) is 3.05. The van der Waals surface area contributed by atoms with Crippen LogP contribution in [0.4, 0.5) is 15.9 Å². The number of fused-ring (bicyclic) bond motifs is 1. The van der Waals surface area contributed by atoms with Crippen molar-refractivity contribution in [1.29, 1.82) is 0 Å². The molecule has 5 heteroatoms. The second kappa shape index (κ2) is 5.17. The van der Waals surface area contributed by atoms with Crippen molar-refractivity contribution in [2.75, 3.05) is 11.9 Å². The van der Waals surface area contributed by atoms with Crippen molar-refractivity contribution in [3.63, 3.8) is 0 Å². The maximum absolute atomic E-state index is 13.0. The predicted molar refractivity (Wildman–Crippen MR) is 81.3 cm³/mol. The Hall–Kier alpha value is -2.01. The summed E-state index contributed by atoms with van der Waals surface area (Å²) in [4.78, 5) is 12.9. The van der Waals surface area contributed by atoms with Gasteiger partial charge in [0.25, 0.3) is 0 Å². The highest BCUT2D eigenvalue weighted by atomic mass is 32.1. The van der Waals surface area contributed by atoms with Gasteiger partial charge in [0.2, 0.25) is 0 Å². The molecule has 2 heterocycles. The predicted octanol–water partition coefficient (Wildman–Crippen LogP) is 4.16. The van der Waals surface area contributed by atoms with E-state index in [1.54, 1.807) is 29.8 Å². The number of benzene rings is 1. The van der Waals surface area contributed by atoms with Gasteiger partial charge in [0, 0.05) is 17.6 Å². The first-order valence-corrected chi connectivity index (χ1v) is 7.23. The van der Waals surface area contributed by atoms with Crippen LogP contribution in [0.25, 0.3) is 10.2 Å². The Bertz CT molecular complexity index is 736. The Balaban J connectivity index is 2.08. The zero-order chi connectivity index (χ0) is 14.1. The number of thiophene rings is 1. The van der Waals surface area contributed by atoms with Gasteiger partial charge in [0.05, 0.1) is 5.39 Å². The molecular formula is C15H14FN3S. The number of halogens is 1. The van der Waals surface area contributed by atoms with E-state index in [2.05, 4.69) is 23.0 Å². The van der Waals surface area contributed by atoms with Crippen molar-refractivity contribution in [3.8, 4) is 0 Å². The summed E-state index contributed by atoms with van der Waals surface area (Å²) < 4.78 is 13.0. The SMILES string of the molecule is CCc1cc2c(N(C)c3ccc(F)cc3)ncnc2s1. The van der Waals surface area contributed by atoms with E-state index < -0.39 is 0 Å². The lowest BCUT2D eigenvalue weighted by Crippen LogP contribution is -2.11. The Morgan fingerprint density at radius 2 is 1.95 bits per heavy atom. The lowest BCUT2D eigenvalue weighted by Gasteiger charge is -2.18. The third-order valence-electron chi connectivity index (χ3n) is 3.24. The molecule has 0 N–H and O–H groups in total. The number of nitrogens with zero attached hydrogens (tertiary/aromatic N) is 3. The number of aryl methyl sites for hydroxylation is 1. The van der Waals surface area contributed by atoms with Crippen molar-refractivity contribution in [3.05, 3.63) is 47.4 Å². The molecule has 0 fully saturated rings. The van der Waals surface area contributed by atoms with Crippen LogP contribution in [0.2, 0.25) is 0 Å². The molecule has 0 bridgehead atoms. The molecule has 0 aliphatic heterocycles. The lowest BCUT2D eigenvalue weighted by atomic mass is 10.2. The molecular weight excluding hydrogens is 273 g/mol. The van der Waals surface area contributed by atoms with Crippen LogP contribution in [0.1, 0.15) is 11.8 Å². The Kier molecular flexibility index (Phi) is 3.36. The normalized spacial score (nSPS) is 10.9. The van der Waals surface area contributed by atoms with E-state index in [-0.39, 0.29) is 5.82 Å². The average molecular weight is 287 g/mol. The average Bonchev–Trinajstić information content (AvgIpc) is 2.90. The number of hydrogen-bond acceptors (Lipinski definition) is 4. The maximum atomic E-state index is 13.0. The molecule has 0 aliphatic carbocycles.